The van der Waals surface area contributed by atoms with Crippen LogP contribution in [0.2, 0.25) is 0 Å². The third kappa shape index (κ3) is 2.94. The van der Waals surface area contributed by atoms with E-state index in [1.807, 2.05) is 0 Å². The zero-order chi connectivity index (χ0) is 14.9. The minimum Gasteiger partial charge on any atom is -0.496 e. The van der Waals surface area contributed by atoms with E-state index in [1.165, 1.54) is 30.6 Å². The van der Waals surface area contributed by atoms with Gasteiger partial charge in [0.1, 0.15) is 11.3 Å². The van der Waals surface area contributed by atoms with Crippen LogP contribution in [0.4, 0.5) is 0 Å². The molecule has 7 heteroatoms. The van der Waals surface area contributed by atoms with Gasteiger partial charge in [-0.05, 0) is 37.0 Å². The fourth-order valence-electron chi connectivity index (χ4n) is 1.96. The topological polar surface area (TPSA) is 83.9 Å². The van der Waals surface area contributed by atoms with E-state index in [0.29, 0.717) is 12.5 Å². The highest BCUT2D eigenvalue weighted by atomic mass is 32.2. The number of rotatable bonds is 6. The fraction of sp³-hybridized carbons (Fsp3) is 0.462. The fourth-order valence-corrected chi connectivity index (χ4v) is 3.23. The second-order valence-electron chi connectivity index (χ2n) is 4.90. The molecule has 20 heavy (non-hydrogen) atoms. The second-order valence-corrected chi connectivity index (χ2v) is 6.94. The van der Waals surface area contributed by atoms with E-state index in [1.54, 1.807) is 0 Å². The normalized spacial score (nSPS) is 15.3. The molecule has 1 fully saturated rings. The molecule has 6 nitrogen and oxygen atoms in total. The lowest BCUT2D eigenvalue weighted by molar-refractivity contribution is 0.0693. The van der Waals surface area contributed by atoms with Crippen LogP contribution in [0.1, 0.15) is 23.2 Å². The van der Waals surface area contributed by atoms with E-state index in [0.717, 1.165) is 18.9 Å². The van der Waals surface area contributed by atoms with Gasteiger partial charge in [0, 0.05) is 13.6 Å². The lowest BCUT2D eigenvalue weighted by Gasteiger charge is -2.17. The molecule has 0 saturated heterocycles. The Morgan fingerprint density at radius 1 is 1.45 bits per heavy atom. The number of carboxylic acids is 1. The summed E-state index contributed by atoms with van der Waals surface area (Å²) in [5, 5.41) is 9.09. The number of ether oxygens (including phenoxy) is 1. The first-order valence-corrected chi connectivity index (χ1v) is 7.68. The molecule has 1 aromatic carbocycles. The van der Waals surface area contributed by atoms with Crippen LogP contribution >= 0.6 is 0 Å². The van der Waals surface area contributed by atoms with Gasteiger partial charge < -0.3 is 9.84 Å². The summed E-state index contributed by atoms with van der Waals surface area (Å²) in [7, 11) is -0.806. The number of nitrogens with zero attached hydrogens (tertiary/aromatic N) is 1. The van der Waals surface area contributed by atoms with Crippen molar-refractivity contribution in [2.24, 2.45) is 5.92 Å². The minimum atomic E-state index is -3.66. The van der Waals surface area contributed by atoms with Crippen LogP contribution in [0.5, 0.6) is 5.75 Å². The number of carbonyl (C=O) groups is 1. The molecule has 0 aromatic heterocycles. The first kappa shape index (κ1) is 14.8. The molecule has 0 heterocycles. The number of sulfonamides is 1. The second kappa shape index (κ2) is 5.41. The van der Waals surface area contributed by atoms with Gasteiger partial charge >= 0.3 is 5.97 Å². The van der Waals surface area contributed by atoms with Crippen molar-refractivity contribution in [2.45, 2.75) is 17.7 Å². The van der Waals surface area contributed by atoms with E-state index < -0.39 is 16.0 Å². The number of benzene rings is 1. The van der Waals surface area contributed by atoms with Gasteiger partial charge in [0.05, 0.1) is 12.0 Å². The molecule has 0 radical (unpaired) electrons. The first-order chi connectivity index (χ1) is 9.36. The lowest BCUT2D eigenvalue weighted by atomic mass is 10.2. The maximum Gasteiger partial charge on any atom is 0.339 e. The molecule has 0 aliphatic heterocycles. The highest BCUT2D eigenvalue weighted by Gasteiger charge is 2.30. The van der Waals surface area contributed by atoms with Crippen LogP contribution in [0.15, 0.2) is 23.1 Å². The van der Waals surface area contributed by atoms with Gasteiger partial charge in [-0.3, -0.25) is 0 Å². The Hall–Kier alpha value is -1.60. The Bertz CT molecular complexity index is 622. The van der Waals surface area contributed by atoms with Gasteiger partial charge in [0.25, 0.3) is 0 Å². The molecule has 1 saturated carbocycles. The Labute approximate surface area is 118 Å². The van der Waals surface area contributed by atoms with Crippen LogP contribution in [0.3, 0.4) is 0 Å². The average molecular weight is 299 g/mol. The summed E-state index contributed by atoms with van der Waals surface area (Å²) in [4.78, 5) is 11.1. The van der Waals surface area contributed by atoms with Crippen LogP contribution in [-0.4, -0.2) is 44.5 Å². The number of carboxylic acid groups (broad SMARTS) is 1. The number of hydrogen-bond acceptors (Lipinski definition) is 4. The minimum absolute atomic E-state index is 0.0288. The summed E-state index contributed by atoms with van der Waals surface area (Å²) in [6.07, 6.45) is 2.09. The van der Waals surface area contributed by atoms with Crippen molar-refractivity contribution >= 4 is 16.0 Å². The molecular weight excluding hydrogens is 282 g/mol. The Kier molecular flexibility index (Phi) is 4.01. The molecular formula is C13H17NO5S. The smallest absolute Gasteiger partial charge is 0.339 e. The van der Waals surface area contributed by atoms with Crippen molar-refractivity contribution in [1.82, 2.24) is 4.31 Å². The summed E-state index contributed by atoms with van der Waals surface area (Å²) < 4.78 is 30.9. The van der Waals surface area contributed by atoms with Crippen molar-refractivity contribution in [3.8, 4) is 5.75 Å². The maximum absolute atomic E-state index is 12.4. The van der Waals surface area contributed by atoms with Gasteiger partial charge in [-0.1, -0.05) is 0 Å². The summed E-state index contributed by atoms with van der Waals surface area (Å²) >= 11 is 0. The van der Waals surface area contributed by atoms with Crippen molar-refractivity contribution in [3.05, 3.63) is 23.8 Å². The third-order valence-corrected chi connectivity index (χ3v) is 5.14. The van der Waals surface area contributed by atoms with Crippen LogP contribution < -0.4 is 4.74 Å². The number of aromatic carboxylic acids is 1. The van der Waals surface area contributed by atoms with E-state index >= 15 is 0 Å². The zero-order valence-electron chi connectivity index (χ0n) is 11.4. The molecule has 2 rings (SSSR count). The van der Waals surface area contributed by atoms with E-state index in [-0.39, 0.29) is 16.2 Å². The molecule has 0 atom stereocenters. The van der Waals surface area contributed by atoms with Gasteiger partial charge in [-0.2, -0.15) is 0 Å². The number of hydrogen-bond donors (Lipinski definition) is 1. The largest absolute Gasteiger partial charge is 0.496 e. The Balaban J connectivity index is 2.35. The SMILES string of the molecule is COc1ccc(S(=O)(=O)N(C)CC2CC2)cc1C(=O)O. The molecule has 0 bridgehead atoms. The average Bonchev–Trinajstić information content (AvgIpc) is 3.21. The van der Waals surface area contributed by atoms with Gasteiger partial charge in [0.15, 0.2) is 0 Å². The summed E-state index contributed by atoms with van der Waals surface area (Å²) in [6.45, 7) is 0.469. The molecule has 1 aromatic rings. The third-order valence-electron chi connectivity index (χ3n) is 3.32. The molecule has 1 aliphatic carbocycles. The van der Waals surface area contributed by atoms with Gasteiger partial charge in [-0.15, -0.1) is 0 Å². The highest BCUT2D eigenvalue weighted by Crippen LogP contribution is 2.31. The maximum atomic E-state index is 12.4. The molecule has 0 unspecified atom stereocenters. The van der Waals surface area contributed by atoms with Crippen molar-refractivity contribution < 1.29 is 23.1 Å². The predicted molar refractivity (Wildman–Crippen MR) is 72.5 cm³/mol. The first-order valence-electron chi connectivity index (χ1n) is 6.24. The Morgan fingerprint density at radius 2 is 2.10 bits per heavy atom. The molecule has 110 valence electrons. The van der Waals surface area contributed by atoms with Crippen LogP contribution in [0.25, 0.3) is 0 Å². The monoisotopic (exact) mass is 299 g/mol. The highest BCUT2D eigenvalue weighted by molar-refractivity contribution is 7.89. The van der Waals surface area contributed by atoms with Crippen molar-refractivity contribution in [3.63, 3.8) is 0 Å². The van der Waals surface area contributed by atoms with Crippen molar-refractivity contribution in [1.29, 1.82) is 0 Å². The number of methoxy groups -OCH3 is 1. The molecule has 1 aliphatic rings. The van der Waals surface area contributed by atoms with Gasteiger partial charge in [0.2, 0.25) is 10.0 Å². The summed E-state index contributed by atoms with van der Waals surface area (Å²) in [5.74, 6) is -0.656. The Morgan fingerprint density at radius 3 is 2.60 bits per heavy atom. The summed E-state index contributed by atoms with van der Waals surface area (Å²) in [6, 6.07) is 3.87. The summed E-state index contributed by atoms with van der Waals surface area (Å²) in [5.41, 5.74) is -0.159. The molecule has 1 N–H and O–H groups in total. The zero-order valence-corrected chi connectivity index (χ0v) is 12.2. The van der Waals surface area contributed by atoms with Crippen molar-refractivity contribution in [2.75, 3.05) is 20.7 Å². The molecule has 0 amide bonds. The van der Waals surface area contributed by atoms with E-state index in [9.17, 15) is 13.2 Å². The van der Waals surface area contributed by atoms with Crippen LogP contribution in [-0.2, 0) is 10.0 Å². The van der Waals surface area contributed by atoms with E-state index in [2.05, 4.69) is 0 Å². The van der Waals surface area contributed by atoms with E-state index in [4.69, 9.17) is 9.84 Å². The lowest BCUT2D eigenvalue weighted by Crippen LogP contribution is -2.29. The van der Waals surface area contributed by atoms with Gasteiger partial charge in [-0.25, -0.2) is 17.5 Å². The molecule has 0 spiro atoms. The van der Waals surface area contributed by atoms with Crippen LogP contribution in [0, 0.1) is 5.92 Å². The predicted octanol–water partition coefficient (Wildman–Crippen LogP) is 1.42. The standard InChI is InChI=1S/C13H17NO5S/c1-14(8-9-3-4-9)20(17,18)10-5-6-12(19-2)11(7-10)13(15)16/h5-7,9H,3-4,8H2,1-2H3,(H,15,16). The quantitative estimate of drug-likeness (QED) is 0.859.